The third-order valence-electron chi connectivity index (χ3n) is 2.67. The average Bonchev–Trinajstić information content (AvgIpc) is 2.25. The lowest BCUT2D eigenvalue weighted by Gasteiger charge is -2.27. The van der Waals surface area contributed by atoms with Gasteiger partial charge in [0.1, 0.15) is 6.10 Å². The highest BCUT2D eigenvalue weighted by Gasteiger charge is 2.45. The van der Waals surface area contributed by atoms with E-state index in [0.717, 1.165) is 12.8 Å². The van der Waals surface area contributed by atoms with Gasteiger partial charge in [0.15, 0.2) is 5.79 Å². The fraction of sp³-hybridized carbons (Fsp3) is 1.00. The molecular formula is C9H17NO2. The standard InChI is InChI=1S/C9H17NO2/c1-9(2)11-7-5-3-4-6(10)8(7)12-9/h6-8H,3-5,10H2,1-2H3/t6?,7-,8?/m1/s1. The fourth-order valence-electron chi connectivity index (χ4n) is 2.17. The normalized spacial score (nSPS) is 45.8. The molecule has 0 spiro atoms. The molecule has 2 aliphatic rings. The molecule has 1 aliphatic heterocycles. The van der Waals surface area contributed by atoms with E-state index in [2.05, 4.69) is 0 Å². The summed E-state index contributed by atoms with van der Waals surface area (Å²) in [7, 11) is 0. The van der Waals surface area contributed by atoms with E-state index in [-0.39, 0.29) is 18.2 Å². The van der Waals surface area contributed by atoms with Crippen LogP contribution in [0.15, 0.2) is 0 Å². The predicted octanol–water partition coefficient (Wildman–Crippen LogP) is 1.02. The molecule has 0 aromatic heterocycles. The van der Waals surface area contributed by atoms with Gasteiger partial charge in [-0.05, 0) is 33.1 Å². The zero-order chi connectivity index (χ0) is 8.77. The lowest BCUT2D eigenvalue weighted by molar-refractivity contribution is -0.146. The maximum atomic E-state index is 5.94. The second kappa shape index (κ2) is 2.69. The molecule has 2 rings (SSSR count). The minimum absolute atomic E-state index is 0.133. The van der Waals surface area contributed by atoms with Crippen molar-refractivity contribution in [3.63, 3.8) is 0 Å². The highest BCUT2D eigenvalue weighted by atomic mass is 16.8. The van der Waals surface area contributed by atoms with E-state index < -0.39 is 5.79 Å². The van der Waals surface area contributed by atoms with Crippen LogP contribution in [0.4, 0.5) is 0 Å². The highest BCUT2D eigenvalue weighted by molar-refractivity contribution is 4.92. The van der Waals surface area contributed by atoms with Gasteiger partial charge in [-0.25, -0.2) is 0 Å². The topological polar surface area (TPSA) is 44.5 Å². The SMILES string of the molecule is CC1(C)OC2C(N)CCC[C@H]2O1. The van der Waals surface area contributed by atoms with Crippen LogP contribution >= 0.6 is 0 Å². The Morgan fingerprint density at radius 1 is 1.25 bits per heavy atom. The smallest absolute Gasteiger partial charge is 0.163 e. The Morgan fingerprint density at radius 2 is 2.00 bits per heavy atom. The maximum Gasteiger partial charge on any atom is 0.163 e. The molecule has 2 fully saturated rings. The summed E-state index contributed by atoms with van der Waals surface area (Å²) in [5.74, 6) is -0.419. The van der Waals surface area contributed by atoms with Crippen molar-refractivity contribution in [2.45, 2.75) is 57.1 Å². The van der Waals surface area contributed by atoms with Crippen molar-refractivity contribution in [3.8, 4) is 0 Å². The molecule has 3 nitrogen and oxygen atoms in total. The summed E-state index contributed by atoms with van der Waals surface area (Å²) >= 11 is 0. The van der Waals surface area contributed by atoms with E-state index in [1.165, 1.54) is 6.42 Å². The van der Waals surface area contributed by atoms with Crippen molar-refractivity contribution in [2.75, 3.05) is 0 Å². The summed E-state index contributed by atoms with van der Waals surface area (Å²) in [5.41, 5.74) is 5.94. The molecule has 0 amide bonds. The molecule has 3 atom stereocenters. The summed E-state index contributed by atoms with van der Waals surface area (Å²) < 4.78 is 11.4. The van der Waals surface area contributed by atoms with Gasteiger partial charge in [0.05, 0.1) is 6.10 Å². The van der Waals surface area contributed by atoms with Gasteiger partial charge in [0.2, 0.25) is 0 Å². The van der Waals surface area contributed by atoms with Gasteiger partial charge in [-0.3, -0.25) is 0 Å². The summed E-state index contributed by atoms with van der Waals surface area (Å²) in [4.78, 5) is 0. The molecule has 1 saturated heterocycles. The zero-order valence-electron chi connectivity index (χ0n) is 7.75. The number of hydrogen-bond donors (Lipinski definition) is 1. The first-order valence-electron chi connectivity index (χ1n) is 4.70. The Kier molecular flexibility index (Phi) is 1.90. The van der Waals surface area contributed by atoms with Gasteiger partial charge in [-0.15, -0.1) is 0 Å². The van der Waals surface area contributed by atoms with E-state index in [1.807, 2.05) is 13.8 Å². The van der Waals surface area contributed by atoms with Gasteiger partial charge >= 0.3 is 0 Å². The summed E-state index contributed by atoms with van der Waals surface area (Å²) in [5, 5.41) is 0. The third kappa shape index (κ3) is 1.37. The first-order valence-corrected chi connectivity index (χ1v) is 4.70. The van der Waals surface area contributed by atoms with Gasteiger partial charge in [-0.2, -0.15) is 0 Å². The number of ether oxygens (including phenoxy) is 2. The van der Waals surface area contributed by atoms with Gasteiger partial charge in [0, 0.05) is 6.04 Å². The van der Waals surface area contributed by atoms with Crippen molar-refractivity contribution < 1.29 is 9.47 Å². The van der Waals surface area contributed by atoms with Crippen molar-refractivity contribution in [3.05, 3.63) is 0 Å². The molecule has 12 heavy (non-hydrogen) atoms. The van der Waals surface area contributed by atoms with Crippen molar-refractivity contribution >= 4 is 0 Å². The average molecular weight is 171 g/mol. The quantitative estimate of drug-likeness (QED) is 0.591. The van der Waals surface area contributed by atoms with Crippen molar-refractivity contribution in [1.29, 1.82) is 0 Å². The molecule has 0 aromatic rings. The Morgan fingerprint density at radius 3 is 2.67 bits per heavy atom. The van der Waals surface area contributed by atoms with Crippen molar-refractivity contribution in [2.24, 2.45) is 5.73 Å². The van der Waals surface area contributed by atoms with E-state index in [0.29, 0.717) is 0 Å². The maximum absolute atomic E-state index is 5.94. The first kappa shape index (κ1) is 8.48. The molecule has 0 radical (unpaired) electrons. The van der Waals surface area contributed by atoms with Crippen LogP contribution in [0, 0.1) is 0 Å². The van der Waals surface area contributed by atoms with E-state index in [9.17, 15) is 0 Å². The summed E-state index contributed by atoms with van der Waals surface area (Å²) in [6.07, 6.45) is 3.71. The number of nitrogens with two attached hydrogens (primary N) is 1. The van der Waals surface area contributed by atoms with Crippen LogP contribution in [-0.2, 0) is 9.47 Å². The lowest BCUT2D eigenvalue weighted by atomic mass is 9.91. The zero-order valence-corrected chi connectivity index (χ0v) is 7.75. The third-order valence-corrected chi connectivity index (χ3v) is 2.67. The Balaban J connectivity index is 2.09. The minimum atomic E-state index is -0.419. The van der Waals surface area contributed by atoms with Crippen LogP contribution in [-0.4, -0.2) is 24.0 Å². The second-order valence-electron chi connectivity index (χ2n) is 4.23. The van der Waals surface area contributed by atoms with Crippen LogP contribution in [0.3, 0.4) is 0 Å². The number of hydrogen-bond acceptors (Lipinski definition) is 3. The molecule has 70 valence electrons. The van der Waals surface area contributed by atoms with Crippen LogP contribution in [0.2, 0.25) is 0 Å². The van der Waals surface area contributed by atoms with Gasteiger partial charge in [0.25, 0.3) is 0 Å². The molecule has 1 heterocycles. The van der Waals surface area contributed by atoms with Crippen LogP contribution < -0.4 is 5.73 Å². The number of fused-ring (bicyclic) bond motifs is 1. The van der Waals surface area contributed by atoms with E-state index >= 15 is 0 Å². The first-order chi connectivity index (χ1) is 5.58. The lowest BCUT2D eigenvalue weighted by Crippen LogP contribution is -2.44. The molecule has 0 bridgehead atoms. The molecule has 1 aliphatic carbocycles. The van der Waals surface area contributed by atoms with E-state index in [1.54, 1.807) is 0 Å². The van der Waals surface area contributed by atoms with Crippen LogP contribution in [0.25, 0.3) is 0 Å². The Labute approximate surface area is 73.2 Å². The van der Waals surface area contributed by atoms with Gasteiger partial charge < -0.3 is 15.2 Å². The van der Waals surface area contributed by atoms with Crippen LogP contribution in [0.5, 0.6) is 0 Å². The molecule has 3 heteroatoms. The predicted molar refractivity (Wildman–Crippen MR) is 45.7 cm³/mol. The molecular weight excluding hydrogens is 154 g/mol. The fourth-order valence-corrected chi connectivity index (χ4v) is 2.17. The summed E-state index contributed by atoms with van der Waals surface area (Å²) in [6, 6.07) is 0.172. The van der Waals surface area contributed by atoms with E-state index in [4.69, 9.17) is 15.2 Å². The Bertz CT molecular complexity index is 181. The summed E-state index contributed by atoms with van der Waals surface area (Å²) in [6.45, 7) is 3.91. The highest BCUT2D eigenvalue weighted by Crippen LogP contribution is 2.35. The molecule has 2 N–H and O–H groups in total. The molecule has 0 aromatic carbocycles. The number of rotatable bonds is 0. The van der Waals surface area contributed by atoms with Crippen molar-refractivity contribution in [1.82, 2.24) is 0 Å². The molecule has 1 saturated carbocycles. The monoisotopic (exact) mass is 171 g/mol. The van der Waals surface area contributed by atoms with Crippen LogP contribution in [0.1, 0.15) is 33.1 Å². The Hall–Kier alpha value is -0.120. The largest absolute Gasteiger partial charge is 0.345 e. The second-order valence-corrected chi connectivity index (χ2v) is 4.23. The minimum Gasteiger partial charge on any atom is -0.345 e. The molecule has 2 unspecified atom stereocenters. The van der Waals surface area contributed by atoms with Gasteiger partial charge in [-0.1, -0.05) is 0 Å².